The van der Waals surface area contributed by atoms with Gasteiger partial charge >= 0.3 is 0 Å². The Morgan fingerprint density at radius 1 is 1.55 bits per heavy atom. The maximum absolute atomic E-state index is 11.2. The van der Waals surface area contributed by atoms with Crippen LogP contribution in [0.3, 0.4) is 0 Å². The highest BCUT2D eigenvalue weighted by Crippen LogP contribution is 2.77. The Kier molecular flexibility index (Phi) is 0.875. The van der Waals surface area contributed by atoms with Crippen LogP contribution in [0.15, 0.2) is 0 Å². The Bertz CT molecular complexity index is 233. The van der Waals surface area contributed by atoms with Crippen molar-refractivity contribution in [1.82, 2.24) is 0 Å². The third kappa shape index (κ3) is 0.533. The molecule has 4 atom stereocenters. The van der Waals surface area contributed by atoms with Gasteiger partial charge in [-0.15, -0.1) is 0 Å². The summed E-state index contributed by atoms with van der Waals surface area (Å²) >= 11 is 0. The molecule has 3 aliphatic rings. The van der Waals surface area contributed by atoms with Crippen LogP contribution in [0.2, 0.25) is 0 Å². The molecule has 0 saturated heterocycles. The first kappa shape index (κ1) is 6.22. The Morgan fingerprint density at radius 2 is 2.36 bits per heavy atom. The molecule has 0 aliphatic heterocycles. The zero-order chi connectivity index (χ0) is 7.64. The van der Waals surface area contributed by atoms with Crippen LogP contribution < -0.4 is 0 Å². The summed E-state index contributed by atoms with van der Waals surface area (Å²) in [5.41, 5.74) is 0.732. The van der Waals surface area contributed by atoms with Crippen molar-refractivity contribution in [2.75, 3.05) is 0 Å². The topological polar surface area (TPSA) is 17.1 Å². The van der Waals surface area contributed by atoms with E-state index in [0.29, 0.717) is 11.7 Å². The van der Waals surface area contributed by atoms with Crippen molar-refractivity contribution in [3.63, 3.8) is 0 Å². The van der Waals surface area contributed by atoms with Gasteiger partial charge in [0.05, 0.1) is 0 Å². The number of carbonyl (C=O) groups excluding carboxylic acids is 1. The third-order valence-electron chi connectivity index (χ3n) is 4.50. The zero-order valence-electron chi connectivity index (χ0n) is 6.97. The molecule has 1 heteroatoms. The van der Waals surface area contributed by atoms with Gasteiger partial charge in [-0.3, -0.25) is 4.79 Å². The molecular weight excluding hydrogens is 136 g/mol. The summed E-state index contributed by atoms with van der Waals surface area (Å²) in [6, 6.07) is 0. The molecule has 3 fully saturated rings. The van der Waals surface area contributed by atoms with Crippen molar-refractivity contribution in [2.24, 2.45) is 23.2 Å². The van der Waals surface area contributed by atoms with Crippen LogP contribution in [0.25, 0.3) is 0 Å². The van der Waals surface area contributed by atoms with E-state index in [1.54, 1.807) is 6.92 Å². The minimum absolute atomic E-state index is 0.460. The van der Waals surface area contributed by atoms with E-state index in [0.717, 1.165) is 17.3 Å². The Hall–Kier alpha value is -0.330. The molecule has 0 aromatic carbocycles. The summed E-state index contributed by atoms with van der Waals surface area (Å²) in [5, 5.41) is 0. The summed E-state index contributed by atoms with van der Waals surface area (Å²) in [7, 11) is 0. The van der Waals surface area contributed by atoms with Crippen molar-refractivity contribution in [1.29, 1.82) is 0 Å². The van der Waals surface area contributed by atoms with Crippen LogP contribution in [-0.4, -0.2) is 5.78 Å². The average Bonchev–Trinajstić information content (AvgIpc) is 2.58. The molecular formula is C10H14O. The van der Waals surface area contributed by atoms with E-state index in [1.807, 2.05) is 0 Å². The van der Waals surface area contributed by atoms with Gasteiger partial charge in [0, 0.05) is 5.92 Å². The Labute approximate surface area is 67.2 Å². The molecule has 11 heavy (non-hydrogen) atoms. The first-order valence-corrected chi connectivity index (χ1v) is 4.74. The number of carbonyl (C=O) groups is 1. The number of hydrogen-bond donors (Lipinski definition) is 0. The number of hydrogen-bond acceptors (Lipinski definition) is 1. The second kappa shape index (κ2) is 1.55. The highest BCUT2D eigenvalue weighted by molar-refractivity contribution is 5.80. The maximum atomic E-state index is 11.2. The van der Waals surface area contributed by atoms with Crippen LogP contribution >= 0.6 is 0 Å². The Morgan fingerprint density at radius 3 is 2.64 bits per heavy atom. The first-order valence-electron chi connectivity index (χ1n) is 4.74. The van der Waals surface area contributed by atoms with Crippen molar-refractivity contribution in [2.45, 2.75) is 32.6 Å². The maximum Gasteiger partial charge on any atom is 0.133 e. The number of ketones is 1. The molecule has 0 radical (unpaired) electrons. The van der Waals surface area contributed by atoms with E-state index in [2.05, 4.69) is 0 Å². The van der Waals surface area contributed by atoms with E-state index in [9.17, 15) is 4.79 Å². The van der Waals surface area contributed by atoms with E-state index in [-0.39, 0.29) is 0 Å². The predicted molar refractivity (Wildman–Crippen MR) is 42.1 cm³/mol. The SMILES string of the molecule is CC(=O)C1CC2CCC23CC13. The summed E-state index contributed by atoms with van der Waals surface area (Å²) in [6.45, 7) is 1.78. The molecule has 0 heterocycles. The van der Waals surface area contributed by atoms with Crippen molar-refractivity contribution >= 4 is 5.78 Å². The van der Waals surface area contributed by atoms with Gasteiger partial charge in [-0.25, -0.2) is 0 Å². The molecule has 0 amide bonds. The van der Waals surface area contributed by atoms with Crippen LogP contribution in [0.1, 0.15) is 32.6 Å². The van der Waals surface area contributed by atoms with Gasteiger partial charge in [0.15, 0.2) is 0 Å². The normalized spacial score (nSPS) is 57.7. The lowest BCUT2D eigenvalue weighted by Gasteiger charge is -2.34. The van der Waals surface area contributed by atoms with Gasteiger partial charge in [-0.2, -0.15) is 0 Å². The summed E-state index contributed by atoms with van der Waals surface area (Å²) in [6.07, 6.45) is 5.48. The quantitative estimate of drug-likeness (QED) is 0.559. The van der Waals surface area contributed by atoms with Gasteiger partial charge in [0.1, 0.15) is 5.78 Å². The minimum atomic E-state index is 0.460. The fourth-order valence-electron chi connectivity index (χ4n) is 3.64. The van der Waals surface area contributed by atoms with Gasteiger partial charge in [-0.05, 0) is 49.9 Å². The molecule has 3 rings (SSSR count). The van der Waals surface area contributed by atoms with Crippen molar-refractivity contribution in [3.8, 4) is 0 Å². The zero-order valence-corrected chi connectivity index (χ0v) is 6.97. The minimum Gasteiger partial charge on any atom is -0.300 e. The monoisotopic (exact) mass is 150 g/mol. The highest BCUT2D eigenvalue weighted by Gasteiger charge is 2.71. The summed E-state index contributed by atoms with van der Waals surface area (Å²) in [4.78, 5) is 11.2. The van der Waals surface area contributed by atoms with E-state index in [4.69, 9.17) is 0 Å². The molecule has 1 spiro atoms. The van der Waals surface area contributed by atoms with E-state index in [1.165, 1.54) is 25.7 Å². The molecule has 60 valence electrons. The third-order valence-corrected chi connectivity index (χ3v) is 4.50. The second-order valence-corrected chi connectivity index (χ2v) is 4.73. The molecule has 0 aromatic heterocycles. The fourth-order valence-corrected chi connectivity index (χ4v) is 3.64. The fraction of sp³-hybridized carbons (Fsp3) is 0.900. The average molecular weight is 150 g/mol. The van der Waals surface area contributed by atoms with E-state index >= 15 is 0 Å². The summed E-state index contributed by atoms with van der Waals surface area (Å²) < 4.78 is 0. The lowest BCUT2D eigenvalue weighted by atomic mass is 9.71. The molecule has 3 saturated carbocycles. The first-order chi connectivity index (χ1) is 5.24. The van der Waals surface area contributed by atoms with Crippen LogP contribution in [0.4, 0.5) is 0 Å². The summed E-state index contributed by atoms with van der Waals surface area (Å²) in [5.74, 6) is 2.73. The van der Waals surface area contributed by atoms with Crippen molar-refractivity contribution in [3.05, 3.63) is 0 Å². The van der Waals surface area contributed by atoms with Gasteiger partial charge in [0.2, 0.25) is 0 Å². The molecule has 0 bridgehead atoms. The molecule has 4 unspecified atom stereocenters. The van der Waals surface area contributed by atoms with Crippen LogP contribution in [0.5, 0.6) is 0 Å². The van der Waals surface area contributed by atoms with Crippen LogP contribution in [0, 0.1) is 23.2 Å². The lowest BCUT2D eigenvalue weighted by molar-refractivity contribution is -0.121. The smallest absolute Gasteiger partial charge is 0.133 e. The molecule has 0 aromatic rings. The molecule has 1 nitrogen and oxygen atoms in total. The number of rotatable bonds is 1. The molecule has 3 aliphatic carbocycles. The van der Waals surface area contributed by atoms with Gasteiger partial charge in [0.25, 0.3) is 0 Å². The van der Waals surface area contributed by atoms with Gasteiger partial charge in [-0.1, -0.05) is 0 Å². The largest absolute Gasteiger partial charge is 0.300 e. The predicted octanol–water partition coefficient (Wildman–Crippen LogP) is 2.01. The standard InChI is InChI=1S/C10H14O/c1-6(11)8-4-7-2-3-10(7)5-9(8)10/h7-9H,2-5H2,1H3. The Balaban J connectivity index is 1.88. The number of Topliss-reactive ketones (excluding diaryl/α,β-unsaturated/α-hetero) is 1. The second-order valence-electron chi connectivity index (χ2n) is 4.73. The van der Waals surface area contributed by atoms with E-state index < -0.39 is 0 Å². The van der Waals surface area contributed by atoms with Crippen molar-refractivity contribution < 1.29 is 4.79 Å². The van der Waals surface area contributed by atoms with Crippen LogP contribution in [-0.2, 0) is 4.79 Å². The van der Waals surface area contributed by atoms with Gasteiger partial charge < -0.3 is 0 Å². The lowest BCUT2D eigenvalue weighted by Crippen LogP contribution is -2.24. The molecule has 0 N–H and O–H groups in total. The highest BCUT2D eigenvalue weighted by atomic mass is 16.1.